The summed E-state index contributed by atoms with van der Waals surface area (Å²) in [7, 11) is 2.00. The summed E-state index contributed by atoms with van der Waals surface area (Å²) >= 11 is 0. The number of halogens is 1. The van der Waals surface area contributed by atoms with Gasteiger partial charge >= 0.3 is 5.97 Å². The Morgan fingerprint density at radius 3 is 2.62 bits per heavy atom. The number of fused-ring (bicyclic) bond motifs is 2. The van der Waals surface area contributed by atoms with Crippen LogP contribution in [0, 0.1) is 26.6 Å². The molecule has 0 spiro atoms. The first-order chi connectivity index (χ1) is 18.7. The number of benzene rings is 3. The summed E-state index contributed by atoms with van der Waals surface area (Å²) in [5, 5.41) is 9.16. The predicted molar refractivity (Wildman–Crippen MR) is 147 cm³/mol. The molecule has 0 fully saturated rings. The summed E-state index contributed by atoms with van der Waals surface area (Å²) in [5.74, 6) is 0.881. The summed E-state index contributed by atoms with van der Waals surface area (Å²) in [5.41, 5.74) is 8.93. The molecule has 2 aliphatic rings. The van der Waals surface area contributed by atoms with Crippen molar-refractivity contribution in [1.29, 1.82) is 0 Å². The number of carbonyl (C=O) groups is 1. The van der Waals surface area contributed by atoms with Gasteiger partial charge in [-0.15, -0.1) is 0 Å². The Hall–Kier alpha value is -4.13. The van der Waals surface area contributed by atoms with Crippen molar-refractivity contribution in [2.75, 3.05) is 6.61 Å². The van der Waals surface area contributed by atoms with E-state index in [4.69, 9.17) is 14.6 Å². The minimum atomic E-state index is -0.850. The number of hydrogen-bond acceptors (Lipinski definition) is 4. The molecule has 3 aromatic carbocycles. The van der Waals surface area contributed by atoms with Gasteiger partial charge in [-0.1, -0.05) is 12.1 Å². The second-order valence-electron chi connectivity index (χ2n) is 10.7. The van der Waals surface area contributed by atoms with E-state index in [2.05, 4.69) is 31.0 Å². The maximum atomic E-state index is 15.3. The maximum Gasteiger partial charge on any atom is 0.304 e. The van der Waals surface area contributed by atoms with Crippen LogP contribution in [0.2, 0.25) is 0 Å². The predicted octanol–water partition coefficient (Wildman–Crippen LogP) is 6.84. The van der Waals surface area contributed by atoms with Gasteiger partial charge in [-0.05, 0) is 85.7 Å². The van der Waals surface area contributed by atoms with E-state index in [9.17, 15) is 4.79 Å². The number of aryl methyl sites for hydroxylation is 4. The zero-order chi connectivity index (χ0) is 27.4. The lowest BCUT2D eigenvalue weighted by atomic mass is 9.89. The van der Waals surface area contributed by atoms with Crippen LogP contribution in [-0.2, 0) is 18.3 Å². The molecule has 39 heavy (non-hydrogen) atoms. The zero-order valence-electron chi connectivity index (χ0n) is 22.5. The second-order valence-corrected chi connectivity index (χ2v) is 10.7. The van der Waals surface area contributed by atoms with E-state index in [0.29, 0.717) is 36.5 Å². The Labute approximate surface area is 227 Å². The van der Waals surface area contributed by atoms with Crippen molar-refractivity contribution in [3.8, 4) is 34.0 Å². The van der Waals surface area contributed by atoms with Crippen LogP contribution in [0.4, 0.5) is 4.39 Å². The molecule has 1 aromatic heterocycles. The summed E-state index contributed by atoms with van der Waals surface area (Å²) < 4.78 is 29.4. The van der Waals surface area contributed by atoms with Gasteiger partial charge in [-0.3, -0.25) is 4.79 Å². The summed E-state index contributed by atoms with van der Waals surface area (Å²) in [4.78, 5) is 15.8. The molecule has 7 heteroatoms. The molecule has 0 radical (unpaired) electrons. The van der Waals surface area contributed by atoms with E-state index in [1.165, 1.54) is 0 Å². The molecule has 4 aromatic rings. The Bertz CT molecular complexity index is 1600. The van der Waals surface area contributed by atoms with E-state index in [1.54, 1.807) is 12.1 Å². The van der Waals surface area contributed by atoms with Gasteiger partial charge in [-0.2, -0.15) is 0 Å². The van der Waals surface area contributed by atoms with Gasteiger partial charge in [0.15, 0.2) is 0 Å². The highest BCUT2D eigenvalue weighted by Crippen LogP contribution is 2.45. The van der Waals surface area contributed by atoms with Gasteiger partial charge in [0.2, 0.25) is 0 Å². The van der Waals surface area contributed by atoms with E-state index in [1.807, 2.05) is 42.9 Å². The number of aromatic nitrogens is 2. The van der Waals surface area contributed by atoms with Crippen molar-refractivity contribution in [3.05, 3.63) is 88.0 Å². The molecule has 0 amide bonds. The van der Waals surface area contributed by atoms with Crippen LogP contribution in [0.15, 0.2) is 48.7 Å². The van der Waals surface area contributed by atoms with Crippen LogP contribution < -0.4 is 9.47 Å². The average Bonchev–Trinajstić information content (AvgIpc) is 3.57. The number of ether oxygens (including phenoxy) is 2. The molecule has 200 valence electrons. The molecule has 0 saturated carbocycles. The first-order valence-corrected chi connectivity index (χ1v) is 13.3. The van der Waals surface area contributed by atoms with Crippen molar-refractivity contribution in [3.63, 3.8) is 0 Å². The standard InChI is InChI=1S/C32H31FN2O4/c1-17-11-20(32-34-19(3)15-35(32)4)12-18(2)30(17)24-7-9-26(33)31-25(24)8-10-27(31)39-22-5-6-23-21(13-29(36)37)16-38-28(23)14-22/h5-7,9,11-12,14-15,21,27H,8,10,13,16H2,1-4H3,(H,36,37)/t21-,27-/m1/s1. The van der Waals surface area contributed by atoms with Gasteiger partial charge in [-0.25, -0.2) is 9.37 Å². The Morgan fingerprint density at radius 1 is 1.15 bits per heavy atom. The molecule has 1 N–H and O–H groups in total. The van der Waals surface area contributed by atoms with Gasteiger partial charge < -0.3 is 19.1 Å². The molecular weight excluding hydrogens is 495 g/mol. The SMILES string of the molecule is Cc1cn(C)c(-c2cc(C)c(-c3ccc(F)c4c3CC[C@H]4Oc3ccc4c(c3)OC[C@H]4CC(=O)O)c(C)c2)n1. The first-order valence-electron chi connectivity index (χ1n) is 13.3. The fourth-order valence-corrected chi connectivity index (χ4v) is 6.30. The summed E-state index contributed by atoms with van der Waals surface area (Å²) in [6.07, 6.45) is 3.02. The fourth-order valence-electron chi connectivity index (χ4n) is 6.30. The van der Waals surface area contributed by atoms with Crippen LogP contribution in [-0.4, -0.2) is 27.2 Å². The lowest BCUT2D eigenvalue weighted by Crippen LogP contribution is -2.07. The minimum absolute atomic E-state index is 0.0261. The zero-order valence-corrected chi connectivity index (χ0v) is 22.5. The van der Waals surface area contributed by atoms with Crippen LogP contribution in [0.5, 0.6) is 11.5 Å². The van der Waals surface area contributed by atoms with Gasteiger partial charge in [0.25, 0.3) is 0 Å². The van der Waals surface area contributed by atoms with Crippen molar-refractivity contribution >= 4 is 5.97 Å². The van der Waals surface area contributed by atoms with Crippen LogP contribution in [0.1, 0.15) is 58.4 Å². The topological polar surface area (TPSA) is 73.6 Å². The van der Waals surface area contributed by atoms with E-state index >= 15 is 4.39 Å². The third-order valence-electron chi connectivity index (χ3n) is 7.90. The number of aliphatic carboxylic acids is 1. The molecule has 1 aliphatic carbocycles. The maximum absolute atomic E-state index is 15.3. The Morgan fingerprint density at radius 2 is 1.92 bits per heavy atom. The fraction of sp³-hybridized carbons (Fsp3) is 0.312. The first kappa shape index (κ1) is 25.2. The average molecular weight is 527 g/mol. The van der Waals surface area contributed by atoms with Crippen molar-refractivity contribution < 1.29 is 23.8 Å². The lowest BCUT2D eigenvalue weighted by molar-refractivity contribution is -0.137. The number of hydrogen-bond donors (Lipinski definition) is 1. The van der Waals surface area contributed by atoms with E-state index < -0.39 is 12.1 Å². The van der Waals surface area contributed by atoms with Gasteiger partial charge in [0.1, 0.15) is 29.2 Å². The molecule has 2 heterocycles. The third-order valence-corrected chi connectivity index (χ3v) is 7.90. The van der Waals surface area contributed by atoms with Crippen LogP contribution >= 0.6 is 0 Å². The third kappa shape index (κ3) is 4.46. The molecular formula is C32H31FN2O4. The molecule has 0 saturated heterocycles. The number of rotatable bonds is 6. The van der Waals surface area contributed by atoms with Crippen LogP contribution in [0.3, 0.4) is 0 Å². The minimum Gasteiger partial charge on any atom is -0.492 e. The molecule has 6 nitrogen and oxygen atoms in total. The normalized spacial score (nSPS) is 17.6. The molecule has 0 unspecified atom stereocenters. The van der Waals surface area contributed by atoms with E-state index in [0.717, 1.165) is 50.5 Å². The second kappa shape index (κ2) is 9.56. The van der Waals surface area contributed by atoms with Gasteiger partial charge in [0.05, 0.1) is 18.7 Å². The molecule has 1 aliphatic heterocycles. The number of carboxylic acids is 1. The lowest BCUT2D eigenvalue weighted by Gasteiger charge is -2.19. The molecule has 6 rings (SSSR count). The largest absolute Gasteiger partial charge is 0.492 e. The smallest absolute Gasteiger partial charge is 0.304 e. The molecule has 0 bridgehead atoms. The highest BCUT2D eigenvalue weighted by atomic mass is 19.1. The number of carboxylic acid groups (broad SMARTS) is 1. The quantitative estimate of drug-likeness (QED) is 0.298. The summed E-state index contributed by atoms with van der Waals surface area (Å²) in [6, 6.07) is 13.2. The van der Waals surface area contributed by atoms with Crippen molar-refractivity contribution in [2.24, 2.45) is 7.05 Å². The van der Waals surface area contributed by atoms with Gasteiger partial charge in [0, 0.05) is 41.9 Å². The Kier molecular flexibility index (Phi) is 6.17. The highest BCUT2D eigenvalue weighted by molar-refractivity contribution is 5.78. The highest BCUT2D eigenvalue weighted by Gasteiger charge is 2.32. The van der Waals surface area contributed by atoms with E-state index in [-0.39, 0.29) is 18.2 Å². The Balaban J connectivity index is 1.32. The number of imidazole rings is 1. The summed E-state index contributed by atoms with van der Waals surface area (Å²) in [6.45, 7) is 6.53. The monoisotopic (exact) mass is 526 g/mol. The number of nitrogens with zero attached hydrogens (tertiary/aromatic N) is 2. The van der Waals surface area contributed by atoms with Crippen LogP contribution in [0.25, 0.3) is 22.5 Å². The van der Waals surface area contributed by atoms with Crippen molar-refractivity contribution in [1.82, 2.24) is 9.55 Å². The van der Waals surface area contributed by atoms with Crippen molar-refractivity contribution in [2.45, 2.75) is 52.1 Å². The molecule has 2 atom stereocenters.